The van der Waals surface area contributed by atoms with Crippen LogP contribution in [0.4, 0.5) is 27.6 Å². The largest absolute Gasteiger partial charge is 0.573 e. The fraction of sp³-hybridized carbons (Fsp3) is 0.250. The van der Waals surface area contributed by atoms with Gasteiger partial charge in [-0.25, -0.2) is 10.2 Å². The van der Waals surface area contributed by atoms with E-state index < -0.39 is 53.7 Å². The first-order valence-electron chi connectivity index (χ1n) is 12.8. The topological polar surface area (TPSA) is 145 Å². The Hall–Kier alpha value is -4.92. The van der Waals surface area contributed by atoms with Gasteiger partial charge in [0, 0.05) is 25.5 Å². The van der Waals surface area contributed by atoms with Crippen LogP contribution in [0.15, 0.2) is 83.6 Å². The van der Waals surface area contributed by atoms with E-state index in [1.807, 2.05) is 0 Å². The van der Waals surface area contributed by atoms with E-state index in [1.54, 1.807) is 30.3 Å². The quantitative estimate of drug-likeness (QED) is 0.101. The number of nitrogens with one attached hydrogen (secondary N) is 2. The SMILES string of the molecule is N/C(=C\N(N)CC(F)CCn1ccc(NC(=O)Cc2ccccc2)c(F)c1=O)C(=O)NCc1cccc(OC(F)(F)F)c1. The number of ether oxygens (including phenoxy) is 1. The Bertz CT molecular complexity index is 1500. The number of hydrazine groups is 1. The van der Waals surface area contributed by atoms with Crippen molar-refractivity contribution < 1.29 is 36.3 Å². The minimum Gasteiger partial charge on any atom is -0.406 e. The zero-order valence-electron chi connectivity index (χ0n) is 22.6. The summed E-state index contributed by atoms with van der Waals surface area (Å²) in [5.41, 5.74) is 4.93. The summed E-state index contributed by atoms with van der Waals surface area (Å²) in [5.74, 6) is 2.73. The number of amides is 2. The third-order valence-corrected chi connectivity index (χ3v) is 5.83. The molecule has 0 aliphatic heterocycles. The number of anilines is 1. The molecule has 1 aromatic heterocycles. The molecule has 0 radical (unpaired) electrons. The molecule has 2 aromatic carbocycles. The highest BCUT2D eigenvalue weighted by atomic mass is 19.4. The lowest BCUT2D eigenvalue weighted by atomic mass is 10.1. The van der Waals surface area contributed by atoms with Gasteiger partial charge in [-0.3, -0.25) is 14.4 Å². The van der Waals surface area contributed by atoms with Crippen LogP contribution in [0.3, 0.4) is 0 Å². The Morgan fingerprint density at radius 2 is 1.77 bits per heavy atom. The Labute approximate surface area is 242 Å². The number of rotatable bonds is 13. The van der Waals surface area contributed by atoms with Gasteiger partial charge in [-0.1, -0.05) is 42.5 Å². The second kappa shape index (κ2) is 14.8. The molecule has 0 spiro atoms. The zero-order valence-corrected chi connectivity index (χ0v) is 22.6. The standard InChI is InChI=1S/C28H29F5N6O4/c29-20(9-11-38-12-10-23(25(30)27(38)42)37-24(40)14-18-5-2-1-3-6-18)16-39(35)17-22(34)26(41)36-15-19-7-4-8-21(13-19)43-28(31,32)33/h1-8,10,12-13,17,20H,9,11,14-16,34-35H2,(H,36,41)(H,37,40)/b22-17-. The summed E-state index contributed by atoms with van der Waals surface area (Å²) in [6.45, 7) is -0.824. The highest BCUT2D eigenvalue weighted by Gasteiger charge is 2.31. The van der Waals surface area contributed by atoms with E-state index in [0.717, 1.165) is 27.9 Å². The van der Waals surface area contributed by atoms with Gasteiger partial charge in [-0.05, 0) is 35.7 Å². The van der Waals surface area contributed by atoms with Crippen molar-refractivity contribution in [1.29, 1.82) is 0 Å². The maximum absolute atomic E-state index is 14.6. The molecule has 0 aliphatic rings. The van der Waals surface area contributed by atoms with Crippen LogP contribution in [0, 0.1) is 5.82 Å². The van der Waals surface area contributed by atoms with Crippen molar-refractivity contribution >= 4 is 17.5 Å². The molecule has 3 aromatic rings. The molecule has 0 aliphatic carbocycles. The van der Waals surface area contributed by atoms with Crippen LogP contribution < -0.4 is 32.5 Å². The fourth-order valence-corrected chi connectivity index (χ4v) is 3.82. The van der Waals surface area contributed by atoms with Gasteiger partial charge in [0.1, 0.15) is 17.6 Å². The number of halogens is 5. The molecule has 1 heterocycles. The smallest absolute Gasteiger partial charge is 0.406 e. The number of carbonyl (C=O) groups is 2. The molecule has 15 heteroatoms. The molecule has 0 bridgehead atoms. The average Bonchev–Trinajstić information content (AvgIpc) is 2.93. The van der Waals surface area contributed by atoms with E-state index in [-0.39, 0.29) is 31.6 Å². The Morgan fingerprint density at radius 1 is 1.07 bits per heavy atom. The lowest BCUT2D eigenvalue weighted by molar-refractivity contribution is -0.274. The van der Waals surface area contributed by atoms with E-state index in [0.29, 0.717) is 11.1 Å². The number of aromatic nitrogens is 1. The first-order chi connectivity index (χ1) is 20.3. The number of alkyl halides is 4. The minimum atomic E-state index is -4.87. The maximum atomic E-state index is 14.6. The molecule has 1 atom stereocenters. The summed E-state index contributed by atoms with van der Waals surface area (Å²) >= 11 is 0. The summed E-state index contributed by atoms with van der Waals surface area (Å²) in [6, 6.07) is 14.9. The van der Waals surface area contributed by atoms with Gasteiger partial charge in [-0.2, -0.15) is 4.39 Å². The Morgan fingerprint density at radius 3 is 2.47 bits per heavy atom. The molecule has 0 saturated heterocycles. The minimum absolute atomic E-state index is 0.0161. The molecular weight excluding hydrogens is 579 g/mol. The zero-order chi connectivity index (χ0) is 31.6. The molecule has 6 N–H and O–H groups in total. The number of benzene rings is 2. The van der Waals surface area contributed by atoms with Gasteiger partial charge >= 0.3 is 6.36 Å². The third kappa shape index (κ3) is 10.8. The summed E-state index contributed by atoms with van der Waals surface area (Å²) in [6.07, 6.45) is -4.56. The first-order valence-corrected chi connectivity index (χ1v) is 12.8. The number of aryl methyl sites for hydroxylation is 1. The number of hydrogen-bond donors (Lipinski definition) is 4. The summed E-state index contributed by atoms with van der Waals surface area (Å²) < 4.78 is 71.1. The van der Waals surface area contributed by atoms with Crippen LogP contribution in [0.5, 0.6) is 5.75 Å². The molecule has 10 nitrogen and oxygen atoms in total. The van der Waals surface area contributed by atoms with Crippen molar-refractivity contribution in [3.8, 4) is 5.75 Å². The Kier molecular flexibility index (Phi) is 11.2. The highest BCUT2D eigenvalue weighted by Crippen LogP contribution is 2.23. The maximum Gasteiger partial charge on any atom is 0.573 e. The van der Waals surface area contributed by atoms with Crippen molar-refractivity contribution in [3.63, 3.8) is 0 Å². The Balaban J connectivity index is 1.47. The molecule has 2 amide bonds. The highest BCUT2D eigenvalue weighted by molar-refractivity contribution is 5.92. The predicted molar refractivity (Wildman–Crippen MR) is 147 cm³/mol. The van der Waals surface area contributed by atoms with Crippen molar-refractivity contribution in [3.05, 3.63) is 106 Å². The van der Waals surface area contributed by atoms with Gasteiger partial charge in [0.2, 0.25) is 11.7 Å². The number of carbonyl (C=O) groups excluding carboxylic acids is 2. The van der Waals surface area contributed by atoms with E-state index >= 15 is 0 Å². The molecular formula is C28H29F5N6O4. The van der Waals surface area contributed by atoms with Crippen molar-refractivity contribution in [2.75, 3.05) is 11.9 Å². The fourth-order valence-electron chi connectivity index (χ4n) is 3.82. The van der Waals surface area contributed by atoms with Crippen LogP contribution in [-0.2, 0) is 29.1 Å². The van der Waals surface area contributed by atoms with Crippen LogP contribution >= 0.6 is 0 Å². The van der Waals surface area contributed by atoms with Gasteiger partial charge < -0.3 is 30.7 Å². The molecule has 0 saturated carbocycles. The van der Waals surface area contributed by atoms with Gasteiger partial charge in [0.05, 0.1) is 18.7 Å². The average molecular weight is 609 g/mol. The molecule has 1 unspecified atom stereocenters. The van der Waals surface area contributed by atoms with Crippen LogP contribution in [-0.4, -0.2) is 40.5 Å². The normalized spacial score (nSPS) is 12.4. The molecule has 0 fully saturated rings. The van der Waals surface area contributed by atoms with Gasteiger partial charge in [-0.15, -0.1) is 13.2 Å². The molecule has 3 rings (SSSR count). The second-order valence-electron chi connectivity index (χ2n) is 9.30. The van der Waals surface area contributed by atoms with E-state index in [1.165, 1.54) is 24.4 Å². The number of pyridine rings is 1. The van der Waals surface area contributed by atoms with Crippen molar-refractivity contribution in [2.45, 2.75) is 38.5 Å². The van der Waals surface area contributed by atoms with Crippen LogP contribution in [0.25, 0.3) is 0 Å². The number of nitrogens with two attached hydrogens (primary N) is 2. The van der Waals surface area contributed by atoms with Crippen LogP contribution in [0.1, 0.15) is 17.5 Å². The van der Waals surface area contributed by atoms with Gasteiger partial charge in [0.15, 0.2) is 0 Å². The lowest BCUT2D eigenvalue weighted by Gasteiger charge is -2.18. The predicted octanol–water partition coefficient (Wildman–Crippen LogP) is 3.09. The molecule has 43 heavy (non-hydrogen) atoms. The van der Waals surface area contributed by atoms with Crippen molar-refractivity contribution in [2.24, 2.45) is 11.6 Å². The second-order valence-corrected chi connectivity index (χ2v) is 9.30. The first kappa shape index (κ1) is 32.6. The van der Waals surface area contributed by atoms with E-state index in [2.05, 4.69) is 15.4 Å². The summed E-state index contributed by atoms with van der Waals surface area (Å²) in [4.78, 5) is 36.8. The van der Waals surface area contributed by atoms with Crippen LogP contribution in [0.2, 0.25) is 0 Å². The number of nitrogens with zero attached hydrogens (tertiary/aromatic N) is 2. The van der Waals surface area contributed by atoms with E-state index in [9.17, 15) is 36.3 Å². The van der Waals surface area contributed by atoms with Crippen molar-refractivity contribution in [1.82, 2.24) is 14.9 Å². The lowest BCUT2D eigenvalue weighted by Crippen LogP contribution is -2.36. The third-order valence-electron chi connectivity index (χ3n) is 5.83. The summed E-state index contributed by atoms with van der Waals surface area (Å²) in [5, 5.41) is 5.55. The number of hydrogen-bond acceptors (Lipinski definition) is 7. The molecule has 230 valence electrons. The van der Waals surface area contributed by atoms with E-state index in [4.69, 9.17) is 11.6 Å². The van der Waals surface area contributed by atoms with Gasteiger partial charge in [0.25, 0.3) is 11.5 Å². The summed E-state index contributed by atoms with van der Waals surface area (Å²) in [7, 11) is 0. The monoisotopic (exact) mass is 608 g/mol.